The third-order valence-electron chi connectivity index (χ3n) is 1.33. The third kappa shape index (κ3) is 10.6. The zero-order chi connectivity index (χ0) is 11.3. The third-order valence-corrected chi connectivity index (χ3v) is 12.0. The van der Waals surface area contributed by atoms with Gasteiger partial charge >= 0.3 is 0 Å². The van der Waals surface area contributed by atoms with Crippen LogP contribution in [0.5, 0.6) is 0 Å². The molecule has 16 heteroatoms. The van der Waals surface area contributed by atoms with Gasteiger partial charge in [-0.3, -0.25) is 0 Å². The standard InChI is InChI=1S/H16O8Si8/c1-9-2-11-4-13-6-15-8-16-7-14-5-12-3-10-1/h9-16H2. The summed E-state index contributed by atoms with van der Waals surface area (Å²) in [7, 11) is -7.00. The van der Waals surface area contributed by atoms with Crippen LogP contribution in [0.1, 0.15) is 0 Å². The first-order chi connectivity index (χ1) is 8.00. The summed E-state index contributed by atoms with van der Waals surface area (Å²) in [6, 6.07) is 0. The summed E-state index contributed by atoms with van der Waals surface area (Å²) in [5, 5.41) is 0. The lowest BCUT2D eigenvalue weighted by Gasteiger charge is -2.10. The molecule has 0 spiro atoms. The van der Waals surface area contributed by atoms with Gasteiger partial charge in [-0.25, -0.2) is 0 Å². The minimum Gasteiger partial charge on any atom is -0.425 e. The van der Waals surface area contributed by atoms with Gasteiger partial charge in [0.25, 0.3) is 80.1 Å². The van der Waals surface area contributed by atoms with Crippen molar-refractivity contribution >= 4 is 80.1 Å². The lowest BCUT2D eigenvalue weighted by Crippen LogP contribution is -2.23. The molecule has 1 heterocycles. The van der Waals surface area contributed by atoms with E-state index in [2.05, 4.69) is 0 Å². The molecule has 8 nitrogen and oxygen atoms in total. The zero-order valence-electron chi connectivity index (χ0n) is 8.92. The molecule has 0 radical (unpaired) electrons. The smallest absolute Gasteiger partial charge is 0.286 e. The first-order valence-electron chi connectivity index (χ1n) is 4.62. The fourth-order valence-electron chi connectivity index (χ4n) is 0.744. The van der Waals surface area contributed by atoms with E-state index in [9.17, 15) is 0 Å². The first kappa shape index (κ1) is 15.5. The van der Waals surface area contributed by atoms with Gasteiger partial charge in [-0.2, -0.15) is 0 Å². The predicted octanol–water partition coefficient (Wildman–Crippen LogP) is -7.88. The lowest BCUT2D eigenvalue weighted by atomic mass is 15.7. The van der Waals surface area contributed by atoms with E-state index in [0.717, 1.165) is 0 Å². The van der Waals surface area contributed by atoms with Crippen LogP contribution >= 0.6 is 0 Å². The molecule has 1 aliphatic rings. The molecule has 16 heavy (non-hydrogen) atoms. The Bertz CT molecular complexity index is 80.0. The molecule has 0 aromatic rings. The van der Waals surface area contributed by atoms with E-state index in [-0.39, 0.29) is 0 Å². The average molecular weight is 369 g/mol. The van der Waals surface area contributed by atoms with Crippen molar-refractivity contribution in [3.8, 4) is 0 Å². The van der Waals surface area contributed by atoms with Crippen LogP contribution in [0.3, 0.4) is 0 Å². The maximum absolute atomic E-state index is 5.32. The van der Waals surface area contributed by atoms with Crippen molar-refractivity contribution in [3.05, 3.63) is 0 Å². The second-order valence-electron chi connectivity index (χ2n) is 2.58. The van der Waals surface area contributed by atoms with Gasteiger partial charge in [0.1, 0.15) is 0 Å². The Morgan fingerprint density at radius 1 is 0.250 bits per heavy atom. The highest BCUT2D eigenvalue weighted by atomic mass is 28.4. The van der Waals surface area contributed by atoms with E-state index >= 15 is 0 Å². The van der Waals surface area contributed by atoms with Crippen LogP contribution in [0.15, 0.2) is 0 Å². The summed E-state index contributed by atoms with van der Waals surface area (Å²) < 4.78 is 42.6. The maximum Gasteiger partial charge on any atom is 0.286 e. The summed E-state index contributed by atoms with van der Waals surface area (Å²) in [5.74, 6) is 0. The van der Waals surface area contributed by atoms with Gasteiger partial charge in [-0.15, -0.1) is 0 Å². The van der Waals surface area contributed by atoms with Crippen molar-refractivity contribution in [1.82, 2.24) is 0 Å². The molecule has 0 bridgehead atoms. The van der Waals surface area contributed by atoms with E-state index in [0.29, 0.717) is 0 Å². The summed E-state index contributed by atoms with van der Waals surface area (Å²) in [6.45, 7) is 0. The Balaban J connectivity index is 2.00. The van der Waals surface area contributed by atoms with Gasteiger partial charge in [-0.1, -0.05) is 0 Å². The van der Waals surface area contributed by atoms with Gasteiger partial charge in [0, 0.05) is 0 Å². The van der Waals surface area contributed by atoms with Gasteiger partial charge in [0.05, 0.1) is 0 Å². The Kier molecular flexibility index (Phi) is 12.4. The maximum atomic E-state index is 5.32. The second-order valence-corrected chi connectivity index (χ2v) is 17.5. The Morgan fingerprint density at radius 3 is 0.500 bits per heavy atom. The predicted molar refractivity (Wildman–Crippen MR) is 77.0 cm³/mol. The second kappa shape index (κ2) is 12.9. The fraction of sp³-hybridized carbons (Fsp3) is 0. The van der Waals surface area contributed by atoms with E-state index in [1.54, 1.807) is 0 Å². The van der Waals surface area contributed by atoms with Crippen LogP contribution in [-0.4, -0.2) is 80.1 Å². The van der Waals surface area contributed by atoms with Crippen molar-refractivity contribution in [2.75, 3.05) is 0 Å². The highest BCUT2D eigenvalue weighted by Crippen LogP contribution is 1.79. The van der Waals surface area contributed by atoms with E-state index < -0.39 is 80.1 Å². The van der Waals surface area contributed by atoms with Crippen LogP contribution in [-0.2, 0) is 32.9 Å². The Morgan fingerprint density at radius 2 is 0.375 bits per heavy atom. The normalized spacial score (nSPS) is 36.0. The van der Waals surface area contributed by atoms with Gasteiger partial charge in [0.15, 0.2) is 0 Å². The summed E-state index contributed by atoms with van der Waals surface area (Å²) >= 11 is 0. The molecule has 1 aliphatic heterocycles. The minimum absolute atomic E-state index is 0.875. The van der Waals surface area contributed by atoms with Gasteiger partial charge in [0.2, 0.25) is 0 Å². The van der Waals surface area contributed by atoms with Gasteiger partial charge in [-0.05, 0) is 0 Å². The van der Waals surface area contributed by atoms with Crippen molar-refractivity contribution in [2.45, 2.75) is 0 Å². The highest BCUT2D eigenvalue weighted by molar-refractivity contribution is 6.50. The molecule has 1 saturated heterocycles. The Hall–Kier alpha value is 1.42. The summed E-state index contributed by atoms with van der Waals surface area (Å²) in [4.78, 5) is 0. The minimum atomic E-state index is -0.875. The summed E-state index contributed by atoms with van der Waals surface area (Å²) in [5.41, 5.74) is 0. The SMILES string of the molecule is O1[SiH2]O[SiH2]O[SiH2]O[SiH2]O[SiH2]O[SiH2]O[SiH2]O[SiH2]1. The quantitative estimate of drug-likeness (QED) is 0.390. The van der Waals surface area contributed by atoms with E-state index in [1.807, 2.05) is 0 Å². The molecule has 96 valence electrons. The topological polar surface area (TPSA) is 73.8 Å². The van der Waals surface area contributed by atoms with Crippen LogP contribution in [0.2, 0.25) is 0 Å². The highest BCUT2D eigenvalue weighted by Gasteiger charge is 1.97. The van der Waals surface area contributed by atoms with Gasteiger partial charge < -0.3 is 32.9 Å². The largest absolute Gasteiger partial charge is 0.425 e. The molecule has 0 aliphatic carbocycles. The number of rotatable bonds is 0. The van der Waals surface area contributed by atoms with Crippen LogP contribution < -0.4 is 0 Å². The zero-order valence-corrected chi connectivity index (χ0v) is 20.2. The fourth-order valence-corrected chi connectivity index (χ4v) is 15.2. The molecule has 0 aromatic heterocycles. The van der Waals surface area contributed by atoms with Crippen molar-refractivity contribution < 1.29 is 32.9 Å². The Labute approximate surface area is 113 Å². The molecular formula is H16O8Si8. The van der Waals surface area contributed by atoms with Crippen molar-refractivity contribution in [1.29, 1.82) is 0 Å². The lowest BCUT2D eigenvalue weighted by molar-refractivity contribution is 0.349. The molecular weight excluding hydrogens is 353 g/mol. The molecule has 1 rings (SSSR count). The number of hydrogen-bond donors (Lipinski definition) is 0. The van der Waals surface area contributed by atoms with Crippen LogP contribution in [0, 0.1) is 0 Å². The van der Waals surface area contributed by atoms with Crippen LogP contribution in [0.4, 0.5) is 0 Å². The summed E-state index contributed by atoms with van der Waals surface area (Å²) in [6.07, 6.45) is 0. The van der Waals surface area contributed by atoms with E-state index in [4.69, 9.17) is 32.9 Å². The molecule has 0 unspecified atom stereocenters. The molecule has 0 saturated carbocycles. The molecule has 1 fully saturated rings. The van der Waals surface area contributed by atoms with E-state index in [1.165, 1.54) is 0 Å². The average Bonchev–Trinajstić information content (AvgIpc) is 2.29. The first-order valence-corrected chi connectivity index (χ1v) is 13.9. The molecule has 0 atom stereocenters. The van der Waals surface area contributed by atoms with Crippen molar-refractivity contribution in [3.63, 3.8) is 0 Å². The van der Waals surface area contributed by atoms with Crippen LogP contribution in [0.25, 0.3) is 0 Å². The molecule has 0 aromatic carbocycles. The molecule has 0 N–H and O–H groups in total. The van der Waals surface area contributed by atoms with Crippen molar-refractivity contribution in [2.24, 2.45) is 0 Å². The monoisotopic (exact) mass is 368 g/mol. The number of hydrogen-bond acceptors (Lipinski definition) is 8. The molecule has 0 amide bonds.